The molecule has 0 saturated carbocycles. The Balaban J connectivity index is 2.03. The zero-order valence-electron chi connectivity index (χ0n) is 12.0. The molecule has 0 unspecified atom stereocenters. The molecule has 2 N–H and O–H groups in total. The molecule has 0 amide bonds. The summed E-state index contributed by atoms with van der Waals surface area (Å²) >= 11 is 0. The van der Waals surface area contributed by atoms with Crippen molar-refractivity contribution in [3.63, 3.8) is 0 Å². The topological polar surface area (TPSA) is 61.0 Å². The van der Waals surface area contributed by atoms with Crippen molar-refractivity contribution in [2.45, 2.75) is 0 Å². The maximum atomic E-state index is 13.0. The van der Waals surface area contributed by atoms with Crippen LogP contribution in [0.25, 0.3) is 22.5 Å². The van der Waals surface area contributed by atoms with Gasteiger partial charge in [-0.2, -0.15) is 0 Å². The molecule has 0 saturated heterocycles. The van der Waals surface area contributed by atoms with E-state index in [1.165, 1.54) is 12.1 Å². The van der Waals surface area contributed by atoms with Gasteiger partial charge in [0.2, 0.25) is 5.95 Å². The maximum absolute atomic E-state index is 13.0. The summed E-state index contributed by atoms with van der Waals surface area (Å²) in [6.07, 6.45) is 0. The lowest BCUT2D eigenvalue weighted by atomic mass is 10.1. The summed E-state index contributed by atoms with van der Waals surface area (Å²) in [7, 11) is 1.62. The molecule has 0 atom stereocenters. The van der Waals surface area contributed by atoms with Crippen molar-refractivity contribution in [3.05, 3.63) is 60.4 Å². The summed E-state index contributed by atoms with van der Waals surface area (Å²) in [6.45, 7) is 0. The minimum atomic E-state index is -0.291. The van der Waals surface area contributed by atoms with E-state index in [2.05, 4.69) is 9.97 Å². The molecule has 1 heterocycles. The van der Waals surface area contributed by atoms with Crippen molar-refractivity contribution < 1.29 is 9.13 Å². The second kappa shape index (κ2) is 5.81. The Morgan fingerprint density at radius 3 is 1.86 bits per heavy atom. The third-order valence-corrected chi connectivity index (χ3v) is 3.27. The molecule has 110 valence electrons. The molecule has 0 aliphatic heterocycles. The van der Waals surface area contributed by atoms with Crippen molar-refractivity contribution in [2.24, 2.45) is 0 Å². The Kier molecular flexibility index (Phi) is 3.70. The molecule has 0 bridgehead atoms. The largest absolute Gasteiger partial charge is 0.497 e. The molecule has 0 fully saturated rings. The number of halogens is 1. The number of hydrogen-bond donors (Lipinski definition) is 1. The summed E-state index contributed by atoms with van der Waals surface area (Å²) in [5, 5.41) is 0. The molecule has 0 radical (unpaired) electrons. The molecule has 3 rings (SSSR count). The first-order valence-corrected chi connectivity index (χ1v) is 6.70. The predicted molar refractivity (Wildman–Crippen MR) is 83.8 cm³/mol. The highest BCUT2D eigenvalue weighted by molar-refractivity contribution is 5.69. The number of rotatable bonds is 3. The number of benzene rings is 2. The average Bonchev–Trinajstić information content (AvgIpc) is 2.55. The average molecular weight is 295 g/mol. The summed E-state index contributed by atoms with van der Waals surface area (Å²) in [6, 6.07) is 15.4. The number of aromatic nitrogens is 2. The fraction of sp³-hybridized carbons (Fsp3) is 0.0588. The lowest BCUT2D eigenvalue weighted by Crippen LogP contribution is -1.98. The third-order valence-electron chi connectivity index (χ3n) is 3.27. The Labute approximate surface area is 127 Å². The number of hydrogen-bond acceptors (Lipinski definition) is 4. The fourth-order valence-electron chi connectivity index (χ4n) is 2.14. The molecule has 1 aromatic heterocycles. The number of anilines is 1. The minimum absolute atomic E-state index is 0.174. The van der Waals surface area contributed by atoms with Gasteiger partial charge in [0.05, 0.1) is 18.5 Å². The molecule has 22 heavy (non-hydrogen) atoms. The second-order valence-electron chi connectivity index (χ2n) is 4.73. The van der Waals surface area contributed by atoms with Gasteiger partial charge >= 0.3 is 0 Å². The first-order chi connectivity index (χ1) is 10.7. The molecule has 0 spiro atoms. The van der Waals surface area contributed by atoms with Gasteiger partial charge in [-0.05, 0) is 54.6 Å². The molecule has 0 aliphatic carbocycles. The van der Waals surface area contributed by atoms with Gasteiger partial charge in [0, 0.05) is 11.1 Å². The van der Waals surface area contributed by atoms with Crippen LogP contribution < -0.4 is 10.5 Å². The standard InChI is InChI=1S/C17H14FN3O/c1-22-14-8-4-12(5-9-14)16-10-15(20-17(19)21-16)11-2-6-13(18)7-3-11/h2-10H,1H3,(H2,19,20,21). The lowest BCUT2D eigenvalue weighted by Gasteiger charge is -2.07. The van der Waals surface area contributed by atoms with E-state index >= 15 is 0 Å². The molecule has 4 nitrogen and oxygen atoms in total. The van der Waals surface area contributed by atoms with Crippen molar-refractivity contribution in [2.75, 3.05) is 12.8 Å². The van der Waals surface area contributed by atoms with Crippen LogP contribution in [0.15, 0.2) is 54.6 Å². The number of ether oxygens (including phenoxy) is 1. The van der Waals surface area contributed by atoms with Gasteiger partial charge in [0.1, 0.15) is 11.6 Å². The molecular formula is C17H14FN3O. The molecule has 5 heteroatoms. The van der Waals surface area contributed by atoms with E-state index in [4.69, 9.17) is 10.5 Å². The van der Waals surface area contributed by atoms with Crippen molar-refractivity contribution >= 4 is 5.95 Å². The van der Waals surface area contributed by atoms with Gasteiger partial charge in [0.25, 0.3) is 0 Å². The number of nitrogens with two attached hydrogens (primary N) is 1. The zero-order valence-corrected chi connectivity index (χ0v) is 12.0. The van der Waals surface area contributed by atoms with E-state index in [0.29, 0.717) is 11.4 Å². The number of methoxy groups -OCH3 is 1. The number of nitrogen functional groups attached to an aromatic ring is 1. The monoisotopic (exact) mass is 295 g/mol. The predicted octanol–water partition coefficient (Wildman–Crippen LogP) is 3.54. The van der Waals surface area contributed by atoms with Crippen molar-refractivity contribution in [1.29, 1.82) is 0 Å². The van der Waals surface area contributed by atoms with E-state index in [1.807, 2.05) is 30.3 Å². The second-order valence-corrected chi connectivity index (χ2v) is 4.73. The molecule has 3 aromatic rings. The van der Waals surface area contributed by atoms with Gasteiger partial charge in [-0.25, -0.2) is 14.4 Å². The van der Waals surface area contributed by atoms with E-state index in [0.717, 1.165) is 16.9 Å². The Bertz CT molecular complexity index is 786. The lowest BCUT2D eigenvalue weighted by molar-refractivity contribution is 0.415. The van der Waals surface area contributed by atoms with Gasteiger partial charge in [-0.1, -0.05) is 0 Å². The smallest absolute Gasteiger partial charge is 0.221 e. The van der Waals surface area contributed by atoms with Crippen LogP contribution in [0.5, 0.6) is 5.75 Å². The molecular weight excluding hydrogens is 281 g/mol. The van der Waals surface area contributed by atoms with Crippen LogP contribution in [0.4, 0.5) is 10.3 Å². The summed E-state index contributed by atoms with van der Waals surface area (Å²) in [4.78, 5) is 8.47. The van der Waals surface area contributed by atoms with E-state index in [9.17, 15) is 4.39 Å². The van der Waals surface area contributed by atoms with E-state index < -0.39 is 0 Å². The Hall–Kier alpha value is -2.95. The summed E-state index contributed by atoms with van der Waals surface area (Å²) in [5.74, 6) is 0.651. The van der Waals surface area contributed by atoms with Crippen LogP contribution in [-0.4, -0.2) is 17.1 Å². The quantitative estimate of drug-likeness (QED) is 0.803. The highest BCUT2D eigenvalue weighted by atomic mass is 19.1. The van der Waals surface area contributed by atoms with Crippen LogP contribution in [0.2, 0.25) is 0 Å². The first-order valence-electron chi connectivity index (χ1n) is 6.70. The maximum Gasteiger partial charge on any atom is 0.221 e. The third kappa shape index (κ3) is 2.88. The van der Waals surface area contributed by atoms with Gasteiger partial charge in [-0.15, -0.1) is 0 Å². The summed E-state index contributed by atoms with van der Waals surface area (Å²) in [5.41, 5.74) is 8.84. The van der Waals surface area contributed by atoms with Crippen LogP contribution >= 0.6 is 0 Å². The molecule has 0 aliphatic rings. The number of nitrogens with zero attached hydrogens (tertiary/aromatic N) is 2. The normalized spacial score (nSPS) is 10.5. The summed E-state index contributed by atoms with van der Waals surface area (Å²) < 4.78 is 18.2. The van der Waals surface area contributed by atoms with Crippen LogP contribution in [-0.2, 0) is 0 Å². The highest BCUT2D eigenvalue weighted by Gasteiger charge is 2.07. The van der Waals surface area contributed by atoms with E-state index in [1.54, 1.807) is 19.2 Å². The van der Waals surface area contributed by atoms with Gasteiger partial charge in [-0.3, -0.25) is 0 Å². The van der Waals surface area contributed by atoms with Crippen LogP contribution in [0.3, 0.4) is 0 Å². The van der Waals surface area contributed by atoms with Crippen LogP contribution in [0.1, 0.15) is 0 Å². The fourth-order valence-corrected chi connectivity index (χ4v) is 2.14. The van der Waals surface area contributed by atoms with Gasteiger partial charge in [0.15, 0.2) is 0 Å². The molecule has 2 aromatic carbocycles. The highest BCUT2D eigenvalue weighted by Crippen LogP contribution is 2.26. The minimum Gasteiger partial charge on any atom is -0.497 e. The van der Waals surface area contributed by atoms with E-state index in [-0.39, 0.29) is 11.8 Å². The van der Waals surface area contributed by atoms with Crippen LogP contribution in [0, 0.1) is 5.82 Å². The SMILES string of the molecule is COc1ccc(-c2cc(-c3ccc(F)cc3)nc(N)n2)cc1. The van der Waals surface area contributed by atoms with Crippen molar-refractivity contribution in [1.82, 2.24) is 9.97 Å². The first kappa shape index (κ1) is 14.0. The van der Waals surface area contributed by atoms with Crippen molar-refractivity contribution in [3.8, 4) is 28.3 Å². The zero-order chi connectivity index (χ0) is 15.5. The van der Waals surface area contributed by atoms with Gasteiger partial charge < -0.3 is 10.5 Å². The Morgan fingerprint density at radius 2 is 1.36 bits per heavy atom. The Morgan fingerprint density at radius 1 is 0.864 bits per heavy atom.